The first-order valence-corrected chi connectivity index (χ1v) is 7.42. The summed E-state index contributed by atoms with van der Waals surface area (Å²) in [5.74, 6) is -0.861. The van der Waals surface area contributed by atoms with Gasteiger partial charge in [-0.3, -0.25) is 9.59 Å². The van der Waals surface area contributed by atoms with Crippen LogP contribution >= 0.6 is 0 Å². The van der Waals surface area contributed by atoms with Crippen molar-refractivity contribution >= 4 is 11.9 Å². The summed E-state index contributed by atoms with van der Waals surface area (Å²) in [6.45, 7) is -0.000229. The molecule has 0 aliphatic rings. The van der Waals surface area contributed by atoms with E-state index in [9.17, 15) is 9.59 Å². The SMILES string of the molecule is NC(Cc1ccccc1)C(=O)NCC(=O)OCc1ccccc1. The van der Waals surface area contributed by atoms with Crippen molar-refractivity contribution in [2.24, 2.45) is 5.73 Å². The molecule has 0 heterocycles. The highest BCUT2D eigenvalue weighted by Gasteiger charge is 2.15. The zero-order valence-corrected chi connectivity index (χ0v) is 12.8. The Morgan fingerprint density at radius 2 is 1.52 bits per heavy atom. The van der Waals surface area contributed by atoms with Gasteiger partial charge in [0.15, 0.2) is 0 Å². The van der Waals surface area contributed by atoms with Crippen LogP contribution in [0.15, 0.2) is 60.7 Å². The number of carbonyl (C=O) groups excluding carboxylic acids is 2. The number of amides is 1. The second-order valence-electron chi connectivity index (χ2n) is 5.16. The molecule has 5 nitrogen and oxygen atoms in total. The van der Waals surface area contributed by atoms with Gasteiger partial charge in [0, 0.05) is 0 Å². The number of hydrogen-bond acceptors (Lipinski definition) is 4. The van der Waals surface area contributed by atoms with E-state index in [1.807, 2.05) is 60.7 Å². The number of rotatable bonds is 7. The van der Waals surface area contributed by atoms with Crippen molar-refractivity contribution in [2.75, 3.05) is 6.54 Å². The van der Waals surface area contributed by atoms with E-state index in [1.54, 1.807) is 0 Å². The maximum atomic E-state index is 11.9. The van der Waals surface area contributed by atoms with Gasteiger partial charge in [-0.2, -0.15) is 0 Å². The third-order valence-corrected chi connectivity index (χ3v) is 3.28. The van der Waals surface area contributed by atoms with Crippen molar-refractivity contribution in [1.82, 2.24) is 5.32 Å². The molecule has 0 aliphatic carbocycles. The lowest BCUT2D eigenvalue weighted by molar-refractivity contribution is -0.145. The lowest BCUT2D eigenvalue weighted by atomic mass is 10.1. The summed E-state index contributed by atoms with van der Waals surface area (Å²) in [5, 5.41) is 2.50. The highest BCUT2D eigenvalue weighted by Crippen LogP contribution is 2.02. The van der Waals surface area contributed by atoms with Gasteiger partial charge in [-0.15, -0.1) is 0 Å². The average molecular weight is 312 g/mol. The fourth-order valence-corrected chi connectivity index (χ4v) is 2.04. The molecule has 0 fully saturated rings. The second kappa shape index (κ2) is 8.70. The van der Waals surface area contributed by atoms with Crippen molar-refractivity contribution < 1.29 is 14.3 Å². The fraction of sp³-hybridized carbons (Fsp3) is 0.222. The molecular formula is C18H20N2O3. The molecule has 0 spiro atoms. The standard InChI is InChI=1S/C18H20N2O3/c19-16(11-14-7-3-1-4-8-14)18(22)20-12-17(21)23-13-15-9-5-2-6-10-15/h1-10,16H,11-13,19H2,(H,20,22). The Hall–Kier alpha value is -2.66. The van der Waals surface area contributed by atoms with Crippen LogP contribution in [0.5, 0.6) is 0 Å². The molecule has 1 unspecified atom stereocenters. The summed E-state index contributed by atoms with van der Waals surface area (Å²) in [6, 6.07) is 18.1. The molecule has 0 aliphatic heterocycles. The minimum Gasteiger partial charge on any atom is -0.460 e. The normalized spacial score (nSPS) is 11.5. The van der Waals surface area contributed by atoms with Crippen molar-refractivity contribution in [3.63, 3.8) is 0 Å². The molecule has 2 rings (SSSR count). The summed E-state index contributed by atoms with van der Waals surface area (Å²) >= 11 is 0. The van der Waals surface area contributed by atoms with Gasteiger partial charge in [0.05, 0.1) is 6.04 Å². The Balaban J connectivity index is 1.70. The Morgan fingerprint density at radius 1 is 0.957 bits per heavy atom. The number of carbonyl (C=O) groups is 2. The lowest BCUT2D eigenvalue weighted by Gasteiger charge is -2.12. The van der Waals surface area contributed by atoms with E-state index < -0.39 is 12.0 Å². The monoisotopic (exact) mass is 312 g/mol. The van der Waals surface area contributed by atoms with Gasteiger partial charge in [-0.25, -0.2) is 0 Å². The molecule has 2 aromatic carbocycles. The van der Waals surface area contributed by atoms with Crippen molar-refractivity contribution in [2.45, 2.75) is 19.1 Å². The second-order valence-corrected chi connectivity index (χ2v) is 5.16. The van der Waals surface area contributed by atoms with E-state index in [0.29, 0.717) is 6.42 Å². The summed E-state index contributed by atoms with van der Waals surface area (Å²) in [5.41, 5.74) is 7.71. The van der Waals surface area contributed by atoms with Crippen molar-refractivity contribution in [3.05, 3.63) is 71.8 Å². The quantitative estimate of drug-likeness (QED) is 0.758. The minimum absolute atomic E-state index is 0.186. The van der Waals surface area contributed by atoms with Crippen molar-refractivity contribution in [3.8, 4) is 0 Å². The predicted octanol–water partition coefficient (Wildman–Crippen LogP) is 1.42. The molecule has 1 amide bonds. The molecule has 0 saturated heterocycles. The Labute approximate surface area is 135 Å². The first kappa shape index (κ1) is 16.7. The zero-order chi connectivity index (χ0) is 16.5. The van der Waals surface area contributed by atoms with Crippen LogP contribution in [0.2, 0.25) is 0 Å². The molecule has 5 heteroatoms. The van der Waals surface area contributed by atoms with Crippen LogP contribution in [0.1, 0.15) is 11.1 Å². The van der Waals surface area contributed by atoms with Crippen LogP contribution in [-0.2, 0) is 27.4 Å². The molecule has 2 aromatic rings. The van der Waals surface area contributed by atoms with E-state index in [4.69, 9.17) is 10.5 Å². The fourth-order valence-electron chi connectivity index (χ4n) is 2.04. The zero-order valence-electron chi connectivity index (χ0n) is 12.8. The van der Waals surface area contributed by atoms with Gasteiger partial charge in [-0.05, 0) is 17.5 Å². The number of benzene rings is 2. The Bertz CT molecular complexity index is 629. The van der Waals surface area contributed by atoms with E-state index in [-0.39, 0.29) is 19.1 Å². The highest BCUT2D eigenvalue weighted by atomic mass is 16.5. The summed E-state index contributed by atoms with van der Waals surface area (Å²) < 4.78 is 5.08. The number of hydrogen-bond donors (Lipinski definition) is 2. The molecule has 23 heavy (non-hydrogen) atoms. The van der Waals surface area contributed by atoms with Gasteiger partial charge >= 0.3 is 5.97 Å². The molecule has 1 atom stereocenters. The van der Waals surface area contributed by atoms with Crippen LogP contribution in [0.4, 0.5) is 0 Å². The highest BCUT2D eigenvalue weighted by molar-refractivity contribution is 5.85. The lowest BCUT2D eigenvalue weighted by Crippen LogP contribution is -2.44. The van der Waals surface area contributed by atoms with Crippen LogP contribution in [0.25, 0.3) is 0 Å². The first-order chi connectivity index (χ1) is 11.1. The average Bonchev–Trinajstić information content (AvgIpc) is 2.59. The van der Waals surface area contributed by atoms with Gasteiger partial charge in [0.1, 0.15) is 13.2 Å². The number of ether oxygens (including phenoxy) is 1. The molecule has 120 valence electrons. The van der Waals surface area contributed by atoms with Gasteiger partial charge in [0.2, 0.25) is 5.91 Å². The smallest absolute Gasteiger partial charge is 0.325 e. The summed E-state index contributed by atoms with van der Waals surface area (Å²) in [4.78, 5) is 23.5. The summed E-state index contributed by atoms with van der Waals surface area (Å²) in [7, 11) is 0. The van der Waals surface area contributed by atoms with Crippen LogP contribution in [0.3, 0.4) is 0 Å². The van der Waals surface area contributed by atoms with Crippen molar-refractivity contribution in [1.29, 1.82) is 0 Å². The molecule has 3 N–H and O–H groups in total. The summed E-state index contributed by atoms with van der Waals surface area (Å²) in [6.07, 6.45) is 0.422. The van der Waals surface area contributed by atoms with Gasteiger partial charge < -0.3 is 15.8 Å². The maximum absolute atomic E-state index is 11.9. The number of nitrogens with one attached hydrogen (secondary N) is 1. The molecule has 0 bridgehead atoms. The Morgan fingerprint density at radius 3 is 2.13 bits per heavy atom. The van der Waals surface area contributed by atoms with Crippen LogP contribution in [0, 0.1) is 0 Å². The number of nitrogens with two attached hydrogens (primary N) is 1. The molecular weight excluding hydrogens is 292 g/mol. The van der Waals surface area contributed by atoms with E-state index in [1.165, 1.54) is 0 Å². The van der Waals surface area contributed by atoms with E-state index >= 15 is 0 Å². The topological polar surface area (TPSA) is 81.4 Å². The van der Waals surface area contributed by atoms with Gasteiger partial charge in [-0.1, -0.05) is 60.7 Å². The minimum atomic E-state index is -0.695. The molecule has 0 saturated carbocycles. The third kappa shape index (κ3) is 5.92. The largest absolute Gasteiger partial charge is 0.460 e. The predicted molar refractivity (Wildman–Crippen MR) is 87.4 cm³/mol. The van der Waals surface area contributed by atoms with E-state index in [0.717, 1.165) is 11.1 Å². The number of esters is 1. The van der Waals surface area contributed by atoms with Crippen LogP contribution < -0.4 is 11.1 Å². The Kier molecular flexibility index (Phi) is 6.32. The van der Waals surface area contributed by atoms with Crippen LogP contribution in [-0.4, -0.2) is 24.5 Å². The third-order valence-electron chi connectivity index (χ3n) is 3.28. The molecule has 0 aromatic heterocycles. The molecule has 0 radical (unpaired) electrons. The van der Waals surface area contributed by atoms with Gasteiger partial charge in [0.25, 0.3) is 0 Å². The van der Waals surface area contributed by atoms with E-state index in [2.05, 4.69) is 5.32 Å². The maximum Gasteiger partial charge on any atom is 0.325 e. The first-order valence-electron chi connectivity index (χ1n) is 7.42.